The summed E-state index contributed by atoms with van der Waals surface area (Å²) in [6, 6.07) is 6.97. The third kappa shape index (κ3) is 2.47. The fourth-order valence-corrected chi connectivity index (χ4v) is 2.59. The highest BCUT2D eigenvalue weighted by molar-refractivity contribution is 5.46. The van der Waals surface area contributed by atoms with Gasteiger partial charge < -0.3 is 10.1 Å². The van der Waals surface area contributed by atoms with Crippen molar-refractivity contribution in [2.45, 2.75) is 52.2 Å². The number of rotatable bonds is 3. The third-order valence-corrected chi connectivity index (χ3v) is 3.41. The Labute approximate surface area is 104 Å². The van der Waals surface area contributed by atoms with Crippen LogP contribution < -0.4 is 10.1 Å². The molecule has 0 aromatic heterocycles. The zero-order valence-corrected chi connectivity index (χ0v) is 11.3. The van der Waals surface area contributed by atoms with E-state index in [1.165, 1.54) is 11.1 Å². The van der Waals surface area contributed by atoms with Crippen LogP contribution in [-0.2, 0) is 0 Å². The summed E-state index contributed by atoms with van der Waals surface area (Å²) < 4.78 is 6.06. The highest BCUT2D eigenvalue weighted by atomic mass is 16.5. The molecule has 0 aliphatic carbocycles. The molecule has 1 aliphatic heterocycles. The van der Waals surface area contributed by atoms with Crippen molar-refractivity contribution in [3.8, 4) is 5.75 Å². The zero-order chi connectivity index (χ0) is 12.4. The van der Waals surface area contributed by atoms with Gasteiger partial charge in [0.05, 0.1) is 6.10 Å². The lowest BCUT2D eigenvalue weighted by molar-refractivity contribution is 0.165. The molecule has 2 rings (SSSR count). The van der Waals surface area contributed by atoms with E-state index in [-0.39, 0.29) is 0 Å². The maximum absolute atomic E-state index is 6.06. The van der Waals surface area contributed by atoms with Gasteiger partial charge >= 0.3 is 0 Å². The summed E-state index contributed by atoms with van der Waals surface area (Å²) >= 11 is 0. The van der Waals surface area contributed by atoms with E-state index in [4.69, 9.17) is 4.74 Å². The summed E-state index contributed by atoms with van der Waals surface area (Å²) in [7, 11) is 0. The topological polar surface area (TPSA) is 21.3 Å². The summed E-state index contributed by atoms with van der Waals surface area (Å²) in [5, 5.41) is 3.56. The summed E-state index contributed by atoms with van der Waals surface area (Å²) in [4.78, 5) is 0. The summed E-state index contributed by atoms with van der Waals surface area (Å²) in [5.74, 6) is 1.63. The maximum Gasteiger partial charge on any atom is 0.127 e. The number of hydrogen-bond donors (Lipinski definition) is 1. The van der Waals surface area contributed by atoms with Crippen LogP contribution in [0.25, 0.3) is 0 Å². The average Bonchev–Trinajstić information content (AvgIpc) is 2.28. The van der Waals surface area contributed by atoms with Crippen molar-refractivity contribution in [2.24, 2.45) is 0 Å². The van der Waals surface area contributed by atoms with Crippen molar-refractivity contribution in [1.82, 2.24) is 5.32 Å². The second-order valence-electron chi connectivity index (χ2n) is 5.19. The molecule has 17 heavy (non-hydrogen) atoms. The molecular formula is C15H23NO. The molecule has 0 bridgehead atoms. The molecular weight excluding hydrogens is 210 g/mol. The van der Waals surface area contributed by atoms with Crippen LogP contribution in [0.5, 0.6) is 5.75 Å². The normalized spacial score (nSPS) is 23.4. The van der Waals surface area contributed by atoms with Crippen LogP contribution in [-0.4, -0.2) is 12.6 Å². The summed E-state index contributed by atoms with van der Waals surface area (Å²) in [6.07, 6.45) is 1.36. The molecule has 1 heterocycles. The van der Waals surface area contributed by atoms with Gasteiger partial charge in [0.15, 0.2) is 0 Å². The lowest BCUT2D eigenvalue weighted by atomic mass is 9.91. The van der Waals surface area contributed by atoms with E-state index in [2.05, 4.69) is 51.2 Å². The van der Waals surface area contributed by atoms with Crippen LogP contribution in [0.3, 0.4) is 0 Å². The Morgan fingerprint density at radius 1 is 1.41 bits per heavy atom. The molecule has 2 unspecified atom stereocenters. The molecule has 1 N–H and O–H groups in total. The summed E-state index contributed by atoms with van der Waals surface area (Å²) in [5.41, 5.74) is 2.66. The standard InChI is InChI=1S/C15H23NO/c1-5-16-14-9-11(4)17-15-12(10(2)3)7-6-8-13(14)15/h6-8,10-11,14,16H,5,9H2,1-4H3. The minimum atomic E-state index is 0.298. The first-order valence-corrected chi connectivity index (χ1v) is 6.66. The molecule has 0 amide bonds. The smallest absolute Gasteiger partial charge is 0.127 e. The Morgan fingerprint density at radius 3 is 2.82 bits per heavy atom. The minimum absolute atomic E-state index is 0.298. The van der Waals surface area contributed by atoms with Crippen molar-refractivity contribution in [2.75, 3.05) is 6.54 Å². The molecule has 94 valence electrons. The minimum Gasteiger partial charge on any atom is -0.490 e. The molecule has 2 atom stereocenters. The second kappa shape index (κ2) is 5.09. The fourth-order valence-electron chi connectivity index (χ4n) is 2.59. The number of hydrogen-bond acceptors (Lipinski definition) is 2. The molecule has 0 spiro atoms. The number of nitrogens with one attached hydrogen (secondary N) is 1. The molecule has 0 radical (unpaired) electrons. The SMILES string of the molecule is CCNC1CC(C)Oc2c(C(C)C)cccc21. The molecule has 0 saturated heterocycles. The van der Waals surface area contributed by atoms with Crippen molar-refractivity contribution in [1.29, 1.82) is 0 Å². The lowest BCUT2D eigenvalue weighted by Crippen LogP contribution is -2.31. The number of para-hydroxylation sites is 1. The molecule has 1 aliphatic rings. The van der Waals surface area contributed by atoms with Crippen LogP contribution >= 0.6 is 0 Å². The van der Waals surface area contributed by atoms with Crippen LogP contribution in [0.2, 0.25) is 0 Å². The molecule has 1 aromatic rings. The Hall–Kier alpha value is -1.02. The van der Waals surface area contributed by atoms with Gasteiger partial charge in [0.25, 0.3) is 0 Å². The van der Waals surface area contributed by atoms with E-state index in [0.29, 0.717) is 18.1 Å². The maximum atomic E-state index is 6.06. The third-order valence-electron chi connectivity index (χ3n) is 3.41. The second-order valence-corrected chi connectivity index (χ2v) is 5.19. The largest absolute Gasteiger partial charge is 0.490 e. The van der Waals surface area contributed by atoms with Crippen LogP contribution in [0, 0.1) is 0 Å². The predicted molar refractivity (Wildman–Crippen MR) is 71.7 cm³/mol. The van der Waals surface area contributed by atoms with Gasteiger partial charge in [0.2, 0.25) is 0 Å². The Balaban J connectivity index is 2.42. The predicted octanol–water partition coefficient (Wildman–Crippen LogP) is 3.63. The van der Waals surface area contributed by atoms with Crippen LogP contribution in [0.15, 0.2) is 18.2 Å². The number of ether oxygens (including phenoxy) is 1. The lowest BCUT2D eigenvalue weighted by Gasteiger charge is -2.33. The van der Waals surface area contributed by atoms with Crippen LogP contribution in [0.1, 0.15) is 57.2 Å². The Bertz CT molecular complexity index is 387. The number of fused-ring (bicyclic) bond motifs is 1. The summed E-state index contributed by atoms with van der Waals surface area (Å²) in [6.45, 7) is 9.76. The van der Waals surface area contributed by atoms with Crippen molar-refractivity contribution in [3.63, 3.8) is 0 Å². The first-order chi connectivity index (χ1) is 8.13. The van der Waals surface area contributed by atoms with E-state index in [9.17, 15) is 0 Å². The fraction of sp³-hybridized carbons (Fsp3) is 0.600. The van der Waals surface area contributed by atoms with Gasteiger partial charge in [0, 0.05) is 18.0 Å². The van der Waals surface area contributed by atoms with E-state index in [0.717, 1.165) is 18.7 Å². The van der Waals surface area contributed by atoms with Gasteiger partial charge in [-0.2, -0.15) is 0 Å². The van der Waals surface area contributed by atoms with Gasteiger partial charge in [-0.05, 0) is 24.9 Å². The number of benzene rings is 1. The van der Waals surface area contributed by atoms with Crippen LogP contribution in [0.4, 0.5) is 0 Å². The van der Waals surface area contributed by atoms with Crippen molar-refractivity contribution in [3.05, 3.63) is 29.3 Å². The molecule has 0 fully saturated rings. The molecule has 1 aromatic carbocycles. The van der Waals surface area contributed by atoms with Gasteiger partial charge in [-0.1, -0.05) is 39.0 Å². The van der Waals surface area contributed by atoms with E-state index >= 15 is 0 Å². The first-order valence-electron chi connectivity index (χ1n) is 6.66. The monoisotopic (exact) mass is 233 g/mol. The average molecular weight is 233 g/mol. The molecule has 2 nitrogen and oxygen atoms in total. The van der Waals surface area contributed by atoms with Gasteiger partial charge in [-0.15, -0.1) is 0 Å². The molecule has 2 heteroatoms. The van der Waals surface area contributed by atoms with E-state index in [1.54, 1.807) is 0 Å². The van der Waals surface area contributed by atoms with Gasteiger partial charge in [-0.3, -0.25) is 0 Å². The van der Waals surface area contributed by atoms with E-state index < -0.39 is 0 Å². The first kappa shape index (κ1) is 12.4. The van der Waals surface area contributed by atoms with Gasteiger partial charge in [0.1, 0.15) is 5.75 Å². The van der Waals surface area contributed by atoms with Gasteiger partial charge in [-0.25, -0.2) is 0 Å². The van der Waals surface area contributed by atoms with Crippen molar-refractivity contribution < 1.29 is 4.74 Å². The quantitative estimate of drug-likeness (QED) is 0.860. The molecule has 0 saturated carbocycles. The highest BCUT2D eigenvalue weighted by Gasteiger charge is 2.27. The highest BCUT2D eigenvalue weighted by Crippen LogP contribution is 2.39. The Kier molecular flexibility index (Phi) is 3.72. The van der Waals surface area contributed by atoms with E-state index in [1.807, 2.05) is 0 Å². The Morgan fingerprint density at radius 2 is 2.18 bits per heavy atom. The zero-order valence-electron chi connectivity index (χ0n) is 11.3. The van der Waals surface area contributed by atoms with Crippen molar-refractivity contribution >= 4 is 0 Å².